The summed E-state index contributed by atoms with van der Waals surface area (Å²) in [4.78, 5) is 2.54. The second-order valence-electron chi connectivity index (χ2n) is 5.82. The minimum Gasteiger partial charge on any atom is -0.493 e. The molecule has 4 heteroatoms. The normalized spacial score (nSPS) is 23.6. The Kier molecular flexibility index (Phi) is 4.13. The predicted octanol–water partition coefficient (Wildman–Crippen LogP) is 1.89. The highest BCUT2D eigenvalue weighted by Gasteiger charge is 2.33. The Bertz CT molecular complexity index is 460. The van der Waals surface area contributed by atoms with Gasteiger partial charge in [0.2, 0.25) is 0 Å². The number of methoxy groups -OCH3 is 2. The second-order valence-corrected chi connectivity index (χ2v) is 5.82. The van der Waals surface area contributed by atoms with Crippen molar-refractivity contribution in [2.45, 2.75) is 25.4 Å². The number of nitrogens with one attached hydrogen (secondary N) is 1. The van der Waals surface area contributed by atoms with Crippen molar-refractivity contribution in [3.05, 3.63) is 23.8 Å². The van der Waals surface area contributed by atoms with Crippen LogP contribution in [-0.2, 0) is 6.54 Å². The van der Waals surface area contributed by atoms with E-state index in [1.807, 2.05) is 6.07 Å². The fourth-order valence-electron chi connectivity index (χ4n) is 3.04. The summed E-state index contributed by atoms with van der Waals surface area (Å²) in [6.45, 7) is 4.39. The fraction of sp³-hybridized carbons (Fsp3) is 0.625. The van der Waals surface area contributed by atoms with Gasteiger partial charge >= 0.3 is 0 Å². The largest absolute Gasteiger partial charge is 0.493 e. The summed E-state index contributed by atoms with van der Waals surface area (Å²) in [6.07, 6.45) is 2.81. The molecule has 0 spiro atoms. The molecule has 4 nitrogen and oxygen atoms in total. The molecule has 1 heterocycles. The summed E-state index contributed by atoms with van der Waals surface area (Å²) < 4.78 is 10.7. The molecule has 0 amide bonds. The van der Waals surface area contributed by atoms with E-state index in [1.165, 1.54) is 24.9 Å². The zero-order valence-electron chi connectivity index (χ0n) is 12.4. The van der Waals surface area contributed by atoms with Crippen molar-refractivity contribution in [3.8, 4) is 11.5 Å². The third kappa shape index (κ3) is 3.07. The van der Waals surface area contributed by atoms with Crippen LogP contribution in [0.3, 0.4) is 0 Å². The summed E-state index contributed by atoms with van der Waals surface area (Å²) in [7, 11) is 3.36. The van der Waals surface area contributed by atoms with Crippen molar-refractivity contribution in [1.82, 2.24) is 10.2 Å². The van der Waals surface area contributed by atoms with Crippen LogP contribution in [0.4, 0.5) is 0 Å². The van der Waals surface area contributed by atoms with Gasteiger partial charge in [-0.1, -0.05) is 6.07 Å². The minimum atomic E-state index is 0.698. The van der Waals surface area contributed by atoms with Gasteiger partial charge in [-0.2, -0.15) is 0 Å². The molecule has 0 aromatic heterocycles. The van der Waals surface area contributed by atoms with Gasteiger partial charge in [0.25, 0.3) is 0 Å². The van der Waals surface area contributed by atoms with Crippen LogP contribution in [0.15, 0.2) is 18.2 Å². The molecule has 20 heavy (non-hydrogen) atoms. The minimum absolute atomic E-state index is 0.698. The monoisotopic (exact) mass is 276 g/mol. The van der Waals surface area contributed by atoms with Crippen LogP contribution >= 0.6 is 0 Å². The molecule has 0 bridgehead atoms. The SMILES string of the molecule is COc1ccc(CN2CCNC(C3CC3)C2)cc1OC. The highest BCUT2D eigenvalue weighted by atomic mass is 16.5. The molecule has 1 aromatic rings. The smallest absolute Gasteiger partial charge is 0.161 e. The van der Waals surface area contributed by atoms with Crippen molar-refractivity contribution in [2.75, 3.05) is 33.9 Å². The van der Waals surface area contributed by atoms with Crippen molar-refractivity contribution in [2.24, 2.45) is 5.92 Å². The van der Waals surface area contributed by atoms with E-state index in [-0.39, 0.29) is 0 Å². The van der Waals surface area contributed by atoms with Crippen molar-refractivity contribution in [3.63, 3.8) is 0 Å². The molecule has 3 rings (SSSR count). The third-order valence-corrected chi connectivity index (χ3v) is 4.33. The maximum atomic E-state index is 5.38. The van der Waals surface area contributed by atoms with Crippen LogP contribution in [-0.4, -0.2) is 44.8 Å². The first kappa shape index (κ1) is 13.7. The Labute approximate surface area is 121 Å². The van der Waals surface area contributed by atoms with Crippen LogP contribution in [0.1, 0.15) is 18.4 Å². The Morgan fingerprint density at radius 3 is 2.70 bits per heavy atom. The lowest BCUT2D eigenvalue weighted by molar-refractivity contribution is 0.181. The standard InChI is InChI=1S/C16H24N2O2/c1-19-15-6-3-12(9-16(15)20-2)10-18-8-7-17-14(11-18)13-4-5-13/h3,6,9,13-14,17H,4-5,7-8,10-11H2,1-2H3. The Hall–Kier alpha value is -1.26. The number of ether oxygens (including phenoxy) is 2. The first-order valence-corrected chi connectivity index (χ1v) is 7.47. The zero-order valence-corrected chi connectivity index (χ0v) is 12.4. The molecule has 1 aliphatic carbocycles. The lowest BCUT2D eigenvalue weighted by Gasteiger charge is -2.34. The van der Waals surface area contributed by atoms with Crippen molar-refractivity contribution in [1.29, 1.82) is 0 Å². The van der Waals surface area contributed by atoms with E-state index in [9.17, 15) is 0 Å². The Morgan fingerprint density at radius 1 is 1.20 bits per heavy atom. The molecule has 110 valence electrons. The highest BCUT2D eigenvalue weighted by molar-refractivity contribution is 5.42. The molecule has 1 atom stereocenters. The van der Waals surface area contributed by atoms with Crippen molar-refractivity contribution >= 4 is 0 Å². The molecular formula is C16H24N2O2. The summed E-state index contributed by atoms with van der Waals surface area (Å²) >= 11 is 0. The van der Waals surface area contributed by atoms with Gasteiger partial charge in [-0.25, -0.2) is 0 Å². The summed E-state index contributed by atoms with van der Waals surface area (Å²) in [5.74, 6) is 2.54. The van der Waals surface area contributed by atoms with Gasteiger partial charge in [-0.05, 0) is 36.5 Å². The molecule has 0 radical (unpaired) electrons. The molecule has 1 aromatic carbocycles. The first-order valence-electron chi connectivity index (χ1n) is 7.47. The summed E-state index contributed by atoms with van der Waals surface area (Å²) in [6, 6.07) is 6.92. The predicted molar refractivity (Wildman–Crippen MR) is 79.3 cm³/mol. The lowest BCUT2D eigenvalue weighted by Crippen LogP contribution is -2.51. The van der Waals surface area contributed by atoms with Gasteiger partial charge in [0.15, 0.2) is 11.5 Å². The van der Waals surface area contributed by atoms with E-state index in [1.54, 1.807) is 14.2 Å². The molecule has 1 N–H and O–H groups in total. The zero-order chi connectivity index (χ0) is 13.9. The number of hydrogen-bond acceptors (Lipinski definition) is 4. The van der Waals surface area contributed by atoms with E-state index < -0.39 is 0 Å². The first-order chi connectivity index (χ1) is 9.80. The molecule has 1 saturated carbocycles. The molecule has 2 aliphatic rings. The van der Waals surface area contributed by atoms with Gasteiger partial charge < -0.3 is 14.8 Å². The van der Waals surface area contributed by atoms with E-state index in [2.05, 4.69) is 22.3 Å². The van der Waals surface area contributed by atoms with Gasteiger partial charge in [-0.15, -0.1) is 0 Å². The topological polar surface area (TPSA) is 33.7 Å². The maximum absolute atomic E-state index is 5.38. The van der Waals surface area contributed by atoms with Gasteiger partial charge in [0.05, 0.1) is 14.2 Å². The molecule has 1 saturated heterocycles. The number of piperazine rings is 1. The third-order valence-electron chi connectivity index (χ3n) is 4.33. The maximum Gasteiger partial charge on any atom is 0.161 e. The molecule has 1 aliphatic heterocycles. The van der Waals surface area contributed by atoms with E-state index >= 15 is 0 Å². The van der Waals surface area contributed by atoms with Crippen LogP contribution in [0, 0.1) is 5.92 Å². The summed E-state index contributed by atoms with van der Waals surface area (Å²) in [5.41, 5.74) is 1.29. The van der Waals surface area contributed by atoms with E-state index in [4.69, 9.17) is 9.47 Å². The molecular weight excluding hydrogens is 252 g/mol. The van der Waals surface area contributed by atoms with Gasteiger partial charge in [-0.3, -0.25) is 4.90 Å². The summed E-state index contributed by atoms with van der Waals surface area (Å²) in [5, 5.41) is 3.65. The van der Waals surface area contributed by atoms with Crippen LogP contribution in [0.25, 0.3) is 0 Å². The van der Waals surface area contributed by atoms with Gasteiger partial charge in [0.1, 0.15) is 0 Å². The number of rotatable bonds is 5. The van der Waals surface area contributed by atoms with E-state index in [0.29, 0.717) is 6.04 Å². The fourth-order valence-corrected chi connectivity index (χ4v) is 3.04. The Balaban J connectivity index is 1.64. The average molecular weight is 276 g/mol. The quantitative estimate of drug-likeness (QED) is 0.890. The van der Waals surface area contributed by atoms with Gasteiger partial charge in [0, 0.05) is 32.2 Å². The van der Waals surface area contributed by atoms with Crippen LogP contribution in [0.2, 0.25) is 0 Å². The molecule has 1 unspecified atom stereocenters. The van der Waals surface area contributed by atoms with Crippen LogP contribution < -0.4 is 14.8 Å². The Morgan fingerprint density at radius 2 is 2.00 bits per heavy atom. The lowest BCUT2D eigenvalue weighted by atomic mass is 10.1. The number of benzene rings is 1. The number of hydrogen-bond donors (Lipinski definition) is 1. The van der Waals surface area contributed by atoms with Crippen LogP contribution in [0.5, 0.6) is 11.5 Å². The number of nitrogens with zero attached hydrogens (tertiary/aromatic N) is 1. The van der Waals surface area contributed by atoms with E-state index in [0.717, 1.165) is 37.1 Å². The highest BCUT2D eigenvalue weighted by Crippen LogP contribution is 2.34. The van der Waals surface area contributed by atoms with Crippen molar-refractivity contribution < 1.29 is 9.47 Å². The molecule has 2 fully saturated rings. The average Bonchev–Trinajstić information content (AvgIpc) is 3.32. The second kappa shape index (κ2) is 6.02.